The van der Waals surface area contributed by atoms with E-state index >= 15 is 0 Å². The first kappa shape index (κ1) is 16.5. The second kappa shape index (κ2) is 6.72. The van der Waals surface area contributed by atoms with Crippen molar-refractivity contribution in [2.45, 2.75) is 58.4 Å². The summed E-state index contributed by atoms with van der Waals surface area (Å²) in [5.41, 5.74) is 4.90. The summed E-state index contributed by atoms with van der Waals surface area (Å²) >= 11 is 0. The van der Waals surface area contributed by atoms with Gasteiger partial charge in [0.05, 0.1) is 0 Å². The summed E-state index contributed by atoms with van der Waals surface area (Å²) in [7, 11) is 0. The normalized spacial score (nSPS) is 22.8. The molecule has 0 aromatic heterocycles. The van der Waals surface area contributed by atoms with Gasteiger partial charge in [-0.2, -0.15) is 0 Å². The van der Waals surface area contributed by atoms with Crippen LogP contribution in [0.2, 0.25) is 0 Å². The van der Waals surface area contributed by atoms with E-state index in [4.69, 9.17) is 10.8 Å². The Balaban J connectivity index is 2.65. The number of hydrogen-bond donors (Lipinski definition) is 3. The van der Waals surface area contributed by atoms with E-state index in [1.165, 1.54) is 0 Å². The van der Waals surface area contributed by atoms with E-state index in [-0.39, 0.29) is 30.1 Å². The fourth-order valence-corrected chi connectivity index (χ4v) is 2.80. The maximum Gasteiger partial charge on any atom is 0.326 e. The van der Waals surface area contributed by atoms with Crippen molar-refractivity contribution in [2.24, 2.45) is 17.1 Å². The van der Waals surface area contributed by atoms with Crippen LogP contribution in [0.5, 0.6) is 0 Å². The molecular formula is C14H24N2O4. The molecule has 1 rings (SSSR count). The van der Waals surface area contributed by atoms with E-state index in [0.29, 0.717) is 0 Å². The number of primary amides is 1. The van der Waals surface area contributed by atoms with Gasteiger partial charge in [0, 0.05) is 12.3 Å². The number of nitrogens with one attached hydrogen (secondary N) is 1. The van der Waals surface area contributed by atoms with E-state index in [2.05, 4.69) is 5.32 Å². The van der Waals surface area contributed by atoms with Crippen LogP contribution in [0, 0.1) is 11.3 Å². The lowest BCUT2D eigenvalue weighted by Gasteiger charge is -2.38. The van der Waals surface area contributed by atoms with Crippen molar-refractivity contribution in [1.29, 1.82) is 0 Å². The standard InChI is InChI=1S/C14H24N2O4/c1-14(2)8-4-3-5-9(14)12(18)16-10(13(19)20)6-7-11(15)17/h9-10H,3-8H2,1-2H3,(H2,15,17)(H,16,18)(H,19,20)/t9?,10-/m0/s1. The molecule has 6 heteroatoms. The van der Waals surface area contributed by atoms with Crippen LogP contribution in [0.3, 0.4) is 0 Å². The molecule has 1 aliphatic rings. The number of hydrogen-bond acceptors (Lipinski definition) is 3. The van der Waals surface area contributed by atoms with Crippen LogP contribution >= 0.6 is 0 Å². The van der Waals surface area contributed by atoms with Crippen LogP contribution in [-0.2, 0) is 14.4 Å². The minimum atomic E-state index is -1.13. The average Bonchev–Trinajstić information content (AvgIpc) is 2.32. The summed E-state index contributed by atoms with van der Waals surface area (Å²) in [5.74, 6) is -2.10. The molecule has 2 amide bonds. The number of carboxylic acid groups (broad SMARTS) is 1. The SMILES string of the molecule is CC1(C)CCCCC1C(=O)N[C@@H](CCC(N)=O)C(=O)O. The van der Waals surface area contributed by atoms with Crippen LogP contribution in [0.25, 0.3) is 0 Å². The zero-order chi connectivity index (χ0) is 15.3. The molecule has 0 heterocycles. The van der Waals surface area contributed by atoms with E-state index in [0.717, 1.165) is 25.7 Å². The van der Waals surface area contributed by atoms with Crippen LogP contribution < -0.4 is 11.1 Å². The first-order chi connectivity index (χ1) is 9.24. The summed E-state index contributed by atoms with van der Waals surface area (Å²) in [5, 5.41) is 11.6. The lowest BCUT2D eigenvalue weighted by atomic mass is 9.68. The number of rotatable bonds is 6. The molecule has 20 heavy (non-hydrogen) atoms. The molecule has 4 N–H and O–H groups in total. The van der Waals surface area contributed by atoms with Gasteiger partial charge in [0.25, 0.3) is 0 Å². The van der Waals surface area contributed by atoms with E-state index in [9.17, 15) is 14.4 Å². The number of aliphatic carboxylic acids is 1. The second-order valence-corrected chi connectivity index (χ2v) is 6.19. The molecule has 0 aromatic rings. The molecule has 0 radical (unpaired) electrons. The Kier molecular flexibility index (Phi) is 5.53. The fraction of sp³-hybridized carbons (Fsp3) is 0.786. The molecule has 1 unspecified atom stereocenters. The van der Waals surface area contributed by atoms with Crippen molar-refractivity contribution in [3.8, 4) is 0 Å². The Morgan fingerprint density at radius 2 is 2.00 bits per heavy atom. The summed E-state index contributed by atoms with van der Waals surface area (Å²) in [6.45, 7) is 4.07. The Bertz CT molecular complexity index is 393. The molecule has 114 valence electrons. The molecule has 6 nitrogen and oxygen atoms in total. The smallest absolute Gasteiger partial charge is 0.326 e. The third-order valence-electron chi connectivity index (χ3n) is 4.12. The Morgan fingerprint density at radius 1 is 1.35 bits per heavy atom. The topological polar surface area (TPSA) is 109 Å². The van der Waals surface area contributed by atoms with Gasteiger partial charge in [0.15, 0.2) is 0 Å². The van der Waals surface area contributed by atoms with Crippen molar-refractivity contribution in [3.63, 3.8) is 0 Å². The Labute approximate surface area is 119 Å². The average molecular weight is 284 g/mol. The maximum atomic E-state index is 12.3. The van der Waals surface area contributed by atoms with Gasteiger partial charge in [-0.15, -0.1) is 0 Å². The molecule has 1 saturated carbocycles. The number of carbonyl (C=O) groups is 3. The van der Waals surface area contributed by atoms with E-state index in [1.54, 1.807) is 0 Å². The third kappa shape index (κ3) is 4.51. The van der Waals surface area contributed by atoms with E-state index in [1.807, 2.05) is 13.8 Å². The predicted molar refractivity (Wildman–Crippen MR) is 73.7 cm³/mol. The van der Waals surface area contributed by atoms with Crippen molar-refractivity contribution < 1.29 is 19.5 Å². The lowest BCUT2D eigenvalue weighted by molar-refractivity contribution is -0.144. The number of carboxylic acids is 1. The highest BCUT2D eigenvalue weighted by Gasteiger charge is 2.38. The predicted octanol–water partition coefficient (Wildman–Crippen LogP) is 1.04. The highest BCUT2D eigenvalue weighted by atomic mass is 16.4. The van der Waals surface area contributed by atoms with Crippen molar-refractivity contribution in [3.05, 3.63) is 0 Å². The summed E-state index contributed by atoms with van der Waals surface area (Å²) in [4.78, 5) is 34.1. The zero-order valence-electron chi connectivity index (χ0n) is 12.1. The molecular weight excluding hydrogens is 260 g/mol. The van der Waals surface area contributed by atoms with Crippen LogP contribution in [0.1, 0.15) is 52.4 Å². The number of amides is 2. The number of carbonyl (C=O) groups excluding carboxylic acids is 2. The molecule has 0 aromatic carbocycles. The minimum absolute atomic E-state index is 0.0313. The molecule has 0 spiro atoms. The van der Waals surface area contributed by atoms with Gasteiger partial charge in [-0.25, -0.2) is 4.79 Å². The van der Waals surface area contributed by atoms with Crippen molar-refractivity contribution >= 4 is 17.8 Å². The number of nitrogens with two attached hydrogens (primary N) is 1. The van der Waals surface area contributed by atoms with Crippen LogP contribution in [0.4, 0.5) is 0 Å². The van der Waals surface area contributed by atoms with Gasteiger partial charge in [-0.1, -0.05) is 26.7 Å². The fourth-order valence-electron chi connectivity index (χ4n) is 2.80. The molecule has 1 fully saturated rings. The van der Waals surface area contributed by atoms with Crippen LogP contribution in [0.15, 0.2) is 0 Å². The quantitative estimate of drug-likeness (QED) is 0.676. The largest absolute Gasteiger partial charge is 0.480 e. The zero-order valence-corrected chi connectivity index (χ0v) is 12.1. The van der Waals surface area contributed by atoms with Gasteiger partial charge >= 0.3 is 5.97 Å². The van der Waals surface area contributed by atoms with Crippen molar-refractivity contribution in [1.82, 2.24) is 5.32 Å². The molecule has 0 bridgehead atoms. The van der Waals surface area contributed by atoms with Gasteiger partial charge in [0.1, 0.15) is 6.04 Å². The Hall–Kier alpha value is -1.59. The second-order valence-electron chi connectivity index (χ2n) is 6.19. The van der Waals surface area contributed by atoms with E-state index < -0.39 is 17.9 Å². The molecule has 0 aliphatic heterocycles. The Morgan fingerprint density at radius 3 is 2.50 bits per heavy atom. The van der Waals surface area contributed by atoms with Gasteiger partial charge < -0.3 is 16.2 Å². The highest BCUT2D eigenvalue weighted by molar-refractivity contribution is 5.86. The lowest BCUT2D eigenvalue weighted by Crippen LogP contribution is -2.48. The van der Waals surface area contributed by atoms with Gasteiger partial charge in [-0.05, 0) is 24.7 Å². The molecule has 2 atom stereocenters. The summed E-state index contributed by atoms with van der Waals surface area (Å²) in [6.07, 6.45) is 3.81. The molecule has 0 saturated heterocycles. The first-order valence-corrected chi connectivity index (χ1v) is 7.05. The molecule has 1 aliphatic carbocycles. The summed E-state index contributed by atoms with van der Waals surface area (Å²) in [6, 6.07) is -1.05. The van der Waals surface area contributed by atoms with Gasteiger partial charge in [0.2, 0.25) is 11.8 Å². The van der Waals surface area contributed by atoms with Crippen LogP contribution in [-0.4, -0.2) is 28.9 Å². The highest BCUT2D eigenvalue weighted by Crippen LogP contribution is 2.40. The van der Waals surface area contributed by atoms with Gasteiger partial charge in [-0.3, -0.25) is 9.59 Å². The summed E-state index contributed by atoms with van der Waals surface area (Å²) < 4.78 is 0. The third-order valence-corrected chi connectivity index (χ3v) is 4.12. The minimum Gasteiger partial charge on any atom is -0.480 e. The monoisotopic (exact) mass is 284 g/mol. The van der Waals surface area contributed by atoms with Crippen molar-refractivity contribution in [2.75, 3.05) is 0 Å². The first-order valence-electron chi connectivity index (χ1n) is 7.05. The maximum absolute atomic E-state index is 12.3.